The van der Waals surface area contributed by atoms with Crippen molar-refractivity contribution in [1.29, 1.82) is 0 Å². The van der Waals surface area contributed by atoms with Crippen molar-refractivity contribution in [2.45, 2.75) is 13.5 Å². The van der Waals surface area contributed by atoms with Crippen LogP contribution in [0.25, 0.3) is 11.5 Å². The number of hydrogen-bond donors (Lipinski definition) is 2. The number of oxazole rings is 1. The molecule has 0 saturated carbocycles. The van der Waals surface area contributed by atoms with Crippen molar-refractivity contribution in [2.24, 2.45) is 0 Å². The van der Waals surface area contributed by atoms with Crippen LogP contribution in [0.5, 0.6) is 11.5 Å². The number of carbonyl (C=O) groups excluding carboxylic acids is 1. The van der Waals surface area contributed by atoms with Crippen molar-refractivity contribution in [1.82, 2.24) is 10.3 Å². The van der Waals surface area contributed by atoms with Gasteiger partial charge in [0.2, 0.25) is 5.89 Å². The van der Waals surface area contributed by atoms with E-state index in [0.717, 1.165) is 5.56 Å². The number of hydrogen-bond acceptors (Lipinski definition) is 5. The first-order valence-corrected chi connectivity index (χ1v) is 8.87. The quantitative estimate of drug-likeness (QED) is 0.628. The number of rotatable bonds is 6. The Bertz CT molecular complexity index is 987. The molecule has 0 aliphatic heterocycles. The van der Waals surface area contributed by atoms with Crippen molar-refractivity contribution in [3.05, 3.63) is 58.9 Å². The molecule has 2 N–H and O–H groups in total. The summed E-state index contributed by atoms with van der Waals surface area (Å²) in [6.45, 7) is 2.00. The highest BCUT2D eigenvalue weighted by molar-refractivity contribution is 6.30. The number of halogens is 1. The number of aromatic nitrogens is 1. The lowest BCUT2D eigenvalue weighted by Crippen LogP contribution is -2.28. The maximum Gasteiger partial charge on any atom is 0.319 e. The number of benzene rings is 2. The van der Waals surface area contributed by atoms with E-state index in [1.54, 1.807) is 44.4 Å². The number of anilines is 1. The Balaban J connectivity index is 1.67. The highest BCUT2D eigenvalue weighted by Gasteiger charge is 2.14. The number of nitrogens with one attached hydrogen (secondary N) is 2. The van der Waals surface area contributed by atoms with Crippen LogP contribution in [0, 0.1) is 6.92 Å². The van der Waals surface area contributed by atoms with Gasteiger partial charge in [-0.15, -0.1) is 0 Å². The molecule has 8 heteroatoms. The summed E-state index contributed by atoms with van der Waals surface area (Å²) in [6.07, 6.45) is 0. The molecule has 28 heavy (non-hydrogen) atoms. The molecule has 3 rings (SSSR count). The van der Waals surface area contributed by atoms with Gasteiger partial charge in [-0.2, -0.15) is 0 Å². The van der Waals surface area contributed by atoms with Crippen LogP contribution in [-0.4, -0.2) is 25.2 Å². The zero-order valence-corrected chi connectivity index (χ0v) is 16.5. The van der Waals surface area contributed by atoms with Crippen LogP contribution in [0.4, 0.5) is 10.5 Å². The predicted octanol–water partition coefficient (Wildman–Crippen LogP) is 4.64. The number of urea groups is 1. The first kappa shape index (κ1) is 19.6. The predicted molar refractivity (Wildman–Crippen MR) is 107 cm³/mol. The molecule has 1 heterocycles. The lowest BCUT2D eigenvalue weighted by molar-refractivity contribution is 0.251. The average Bonchev–Trinajstić information content (AvgIpc) is 3.07. The van der Waals surface area contributed by atoms with Crippen LogP contribution in [0.1, 0.15) is 11.5 Å². The molecule has 3 aromatic rings. The Morgan fingerprint density at radius 3 is 2.71 bits per heavy atom. The van der Waals surface area contributed by atoms with Crippen molar-refractivity contribution in [3.8, 4) is 23.0 Å². The molecule has 0 saturated heterocycles. The van der Waals surface area contributed by atoms with E-state index in [1.807, 2.05) is 12.1 Å². The van der Waals surface area contributed by atoms with Crippen LogP contribution < -0.4 is 20.1 Å². The van der Waals surface area contributed by atoms with Gasteiger partial charge in [-0.3, -0.25) is 0 Å². The van der Waals surface area contributed by atoms with E-state index in [2.05, 4.69) is 15.6 Å². The van der Waals surface area contributed by atoms with Crippen LogP contribution in [0.15, 0.2) is 46.9 Å². The Kier molecular flexibility index (Phi) is 6.06. The number of nitrogens with zero attached hydrogens (tertiary/aromatic N) is 1. The SMILES string of the molecule is COc1ccc(OC)c(NC(=O)NCc2nc(-c3cccc(Cl)c3)oc2C)c1. The van der Waals surface area contributed by atoms with Gasteiger partial charge in [-0.25, -0.2) is 9.78 Å². The van der Waals surface area contributed by atoms with Crippen molar-refractivity contribution in [3.63, 3.8) is 0 Å². The van der Waals surface area contributed by atoms with E-state index in [9.17, 15) is 4.79 Å². The average molecular weight is 402 g/mol. The lowest BCUT2D eigenvalue weighted by atomic mass is 10.2. The van der Waals surface area contributed by atoms with E-state index < -0.39 is 6.03 Å². The fourth-order valence-electron chi connectivity index (χ4n) is 2.58. The van der Waals surface area contributed by atoms with Gasteiger partial charge in [-0.05, 0) is 37.3 Å². The molecule has 2 aromatic carbocycles. The van der Waals surface area contributed by atoms with Gasteiger partial charge in [0.15, 0.2) is 0 Å². The minimum absolute atomic E-state index is 0.202. The van der Waals surface area contributed by atoms with Crippen LogP contribution in [0.2, 0.25) is 5.02 Å². The van der Waals surface area contributed by atoms with Crippen molar-refractivity contribution < 1.29 is 18.7 Å². The highest BCUT2D eigenvalue weighted by Crippen LogP contribution is 2.29. The standard InChI is InChI=1S/C20H20ClN3O4/c1-12-17(23-19(28-12)13-5-4-6-14(21)9-13)11-22-20(25)24-16-10-15(26-2)7-8-18(16)27-3/h4-10H,11H2,1-3H3,(H2,22,24,25). The topological polar surface area (TPSA) is 85.6 Å². The van der Waals surface area contributed by atoms with Gasteiger partial charge in [-0.1, -0.05) is 17.7 Å². The number of methoxy groups -OCH3 is 2. The summed E-state index contributed by atoms with van der Waals surface area (Å²) in [6, 6.07) is 12.0. The summed E-state index contributed by atoms with van der Waals surface area (Å²) >= 11 is 6.01. The smallest absolute Gasteiger partial charge is 0.319 e. The fraction of sp³-hybridized carbons (Fsp3) is 0.200. The fourth-order valence-corrected chi connectivity index (χ4v) is 2.77. The summed E-state index contributed by atoms with van der Waals surface area (Å²) in [5, 5.41) is 6.10. The molecule has 0 unspecified atom stereocenters. The largest absolute Gasteiger partial charge is 0.497 e. The van der Waals surface area contributed by atoms with Gasteiger partial charge >= 0.3 is 6.03 Å². The molecular weight excluding hydrogens is 382 g/mol. The molecule has 0 bridgehead atoms. The monoisotopic (exact) mass is 401 g/mol. The second-order valence-corrected chi connectivity index (χ2v) is 6.34. The molecule has 0 aliphatic rings. The number of aryl methyl sites for hydroxylation is 1. The second kappa shape index (κ2) is 8.67. The van der Waals surface area contributed by atoms with Crippen LogP contribution in [-0.2, 0) is 6.54 Å². The Labute approximate surface area is 167 Å². The van der Waals surface area contributed by atoms with Gasteiger partial charge in [0.1, 0.15) is 23.0 Å². The van der Waals surface area contributed by atoms with Gasteiger partial charge in [0.25, 0.3) is 0 Å². The molecule has 0 spiro atoms. The molecule has 0 aliphatic carbocycles. The second-order valence-electron chi connectivity index (χ2n) is 5.91. The number of carbonyl (C=O) groups is 1. The Morgan fingerprint density at radius 1 is 1.18 bits per heavy atom. The zero-order valence-electron chi connectivity index (χ0n) is 15.7. The Morgan fingerprint density at radius 2 is 2.00 bits per heavy atom. The molecule has 146 valence electrons. The third kappa shape index (κ3) is 4.55. The van der Waals surface area contributed by atoms with Crippen LogP contribution >= 0.6 is 11.6 Å². The number of ether oxygens (including phenoxy) is 2. The summed E-state index contributed by atoms with van der Waals surface area (Å²) in [7, 11) is 3.08. The van der Waals surface area contributed by atoms with E-state index in [-0.39, 0.29) is 6.54 Å². The highest BCUT2D eigenvalue weighted by atomic mass is 35.5. The van der Waals surface area contributed by atoms with E-state index in [1.165, 1.54) is 7.11 Å². The summed E-state index contributed by atoms with van der Waals surface area (Å²) in [5.74, 6) is 2.20. The van der Waals surface area contributed by atoms with E-state index in [4.69, 9.17) is 25.5 Å². The van der Waals surface area contributed by atoms with Crippen molar-refractivity contribution >= 4 is 23.3 Å². The van der Waals surface area contributed by atoms with E-state index in [0.29, 0.717) is 39.6 Å². The minimum Gasteiger partial charge on any atom is -0.497 e. The number of amides is 2. The molecule has 0 radical (unpaired) electrons. The third-order valence-electron chi connectivity index (χ3n) is 4.04. The molecule has 0 fully saturated rings. The summed E-state index contributed by atoms with van der Waals surface area (Å²) in [5.41, 5.74) is 1.89. The summed E-state index contributed by atoms with van der Waals surface area (Å²) < 4.78 is 16.1. The van der Waals surface area contributed by atoms with Crippen molar-refractivity contribution in [2.75, 3.05) is 19.5 Å². The van der Waals surface area contributed by atoms with Gasteiger partial charge in [0, 0.05) is 16.7 Å². The Hall–Kier alpha value is -3.19. The van der Waals surface area contributed by atoms with E-state index >= 15 is 0 Å². The molecule has 0 atom stereocenters. The summed E-state index contributed by atoms with van der Waals surface area (Å²) in [4.78, 5) is 16.7. The first-order valence-electron chi connectivity index (χ1n) is 8.49. The maximum atomic E-state index is 12.3. The molecular formula is C20H20ClN3O4. The van der Waals surface area contributed by atoms with Gasteiger partial charge < -0.3 is 24.5 Å². The first-order chi connectivity index (χ1) is 13.5. The molecule has 1 aromatic heterocycles. The van der Waals surface area contributed by atoms with Crippen LogP contribution in [0.3, 0.4) is 0 Å². The van der Waals surface area contributed by atoms with Gasteiger partial charge in [0.05, 0.1) is 26.5 Å². The normalized spacial score (nSPS) is 10.4. The molecule has 2 amide bonds. The third-order valence-corrected chi connectivity index (χ3v) is 4.27. The molecule has 7 nitrogen and oxygen atoms in total. The zero-order chi connectivity index (χ0) is 20.1. The minimum atomic E-state index is -0.404. The maximum absolute atomic E-state index is 12.3. The lowest BCUT2D eigenvalue weighted by Gasteiger charge is -2.12.